The van der Waals surface area contributed by atoms with Crippen molar-refractivity contribution in [2.24, 2.45) is 5.92 Å². The van der Waals surface area contributed by atoms with Gasteiger partial charge in [0.05, 0.1) is 11.4 Å². The fourth-order valence-corrected chi connectivity index (χ4v) is 4.35. The number of aromatic nitrogens is 4. The molecule has 2 aromatic heterocycles. The molecule has 0 unspecified atom stereocenters. The van der Waals surface area contributed by atoms with Crippen molar-refractivity contribution in [2.75, 3.05) is 27.2 Å². The van der Waals surface area contributed by atoms with Crippen LogP contribution in [0, 0.1) is 5.92 Å². The molecular formula is C16H24N6O2S. The zero-order valence-electron chi connectivity index (χ0n) is 14.8. The Morgan fingerprint density at radius 1 is 1.32 bits per heavy atom. The zero-order valence-corrected chi connectivity index (χ0v) is 15.6. The summed E-state index contributed by atoms with van der Waals surface area (Å²) in [6, 6.07) is 3.92. The SMILES string of the molecule is CCn1nccc1-c1cc(C[C@H]2CCN(S(=O)(=O)N(C)C)C2)ncn1. The predicted molar refractivity (Wildman–Crippen MR) is 94.9 cm³/mol. The summed E-state index contributed by atoms with van der Waals surface area (Å²) < 4.78 is 29.2. The van der Waals surface area contributed by atoms with Gasteiger partial charge in [-0.2, -0.15) is 22.1 Å². The molecule has 136 valence electrons. The molecule has 0 aromatic carbocycles. The number of nitrogens with zero attached hydrogens (tertiary/aromatic N) is 6. The Balaban J connectivity index is 1.72. The van der Waals surface area contributed by atoms with Gasteiger partial charge in [0.2, 0.25) is 0 Å². The monoisotopic (exact) mass is 364 g/mol. The highest BCUT2D eigenvalue weighted by molar-refractivity contribution is 7.86. The van der Waals surface area contributed by atoms with Crippen LogP contribution in [0.25, 0.3) is 11.4 Å². The molecule has 0 N–H and O–H groups in total. The second kappa shape index (κ2) is 7.19. The standard InChI is InChI=1S/C16H24N6O2S/c1-4-22-16(5-7-19-22)15-10-14(17-12-18-15)9-13-6-8-21(11-13)25(23,24)20(2)3/h5,7,10,12-13H,4,6,8-9,11H2,1-3H3/t13-/m1/s1. The average Bonchev–Trinajstić information content (AvgIpc) is 3.24. The van der Waals surface area contributed by atoms with Crippen molar-refractivity contribution < 1.29 is 8.42 Å². The van der Waals surface area contributed by atoms with Crippen molar-refractivity contribution in [3.8, 4) is 11.4 Å². The Kier molecular flexibility index (Phi) is 5.16. The predicted octanol–water partition coefficient (Wildman–Crippen LogP) is 1.03. The van der Waals surface area contributed by atoms with Gasteiger partial charge in [-0.05, 0) is 37.8 Å². The van der Waals surface area contributed by atoms with Crippen molar-refractivity contribution in [1.29, 1.82) is 0 Å². The largest absolute Gasteiger partial charge is 0.281 e. The van der Waals surface area contributed by atoms with Crippen molar-refractivity contribution >= 4 is 10.2 Å². The molecule has 9 heteroatoms. The first-order chi connectivity index (χ1) is 11.9. The molecule has 3 rings (SSSR count). The highest BCUT2D eigenvalue weighted by Crippen LogP contribution is 2.24. The van der Waals surface area contributed by atoms with Crippen molar-refractivity contribution in [3.63, 3.8) is 0 Å². The van der Waals surface area contributed by atoms with E-state index in [1.807, 2.05) is 23.7 Å². The van der Waals surface area contributed by atoms with E-state index < -0.39 is 10.2 Å². The minimum atomic E-state index is -3.33. The van der Waals surface area contributed by atoms with E-state index in [0.29, 0.717) is 13.1 Å². The maximum absolute atomic E-state index is 12.2. The van der Waals surface area contributed by atoms with Crippen LogP contribution in [-0.4, -0.2) is 64.0 Å². The molecule has 0 spiro atoms. The van der Waals surface area contributed by atoms with E-state index in [-0.39, 0.29) is 5.92 Å². The van der Waals surface area contributed by atoms with Crippen LogP contribution in [0.3, 0.4) is 0 Å². The lowest BCUT2D eigenvalue weighted by Gasteiger charge is -2.20. The van der Waals surface area contributed by atoms with Crippen LogP contribution in [0.2, 0.25) is 0 Å². The van der Waals surface area contributed by atoms with Gasteiger partial charge in [-0.15, -0.1) is 0 Å². The van der Waals surface area contributed by atoms with Crippen LogP contribution >= 0.6 is 0 Å². The molecule has 1 aliphatic heterocycles. The quantitative estimate of drug-likeness (QED) is 0.764. The van der Waals surface area contributed by atoms with Crippen LogP contribution in [-0.2, 0) is 23.2 Å². The third kappa shape index (κ3) is 3.73. The molecule has 25 heavy (non-hydrogen) atoms. The number of hydrogen-bond donors (Lipinski definition) is 0. The minimum absolute atomic E-state index is 0.272. The molecule has 8 nitrogen and oxygen atoms in total. The lowest BCUT2D eigenvalue weighted by molar-refractivity contribution is 0.409. The van der Waals surface area contributed by atoms with E-state index in [1.165, 1.54) is 4.31 Å². The van der Waals surface area contributed by atoms with Gasteiger partial charge in [-0.25, -0.2) is 9.97 Å². The summed E-state index contributed by atoms with van der Waals surface area (Å²) in [7, 11) is -0.201. The van der Waals surface area contributed by atoms with E-state index in [4.69, 9.17) is 0 Å². The number of rotatable bonds is 6. The smallest absolute Gasteiger partial charge is 0.264 e. The third-order valence-corrected chi connectivity index (χ3v) is 6.44. The van der Waals surface area contributed by atoms with Crippen LogP contribution < -0.4 is 0 Å². The number of aryl methyl sites for hydroxylation is 1. The van der Waals surface area contributed by atoms with E-state index in [2.05, 4.69) is 15.1 Å². The molecule has 1 atom stereocenters. The van der Waals surface area contributed by atoms with Gasteiger partial charge in [0, 0.05) is 45.6 Å². The summed E-state index contributed by atoms with van der Waals surface area (Å²) in [5, 5.41) is 4.28. The highest BCUT2D eigenvalue weighted by atomic mass is 32.2. The summed E-state index contributed by atoms with van der Waals surface area (Å²) >= 11 is 0. The summed E-state index contributed by atoms with van der Waals surface area (Å²) in [4.78, 5) is 8.73. The van der Waals surface area contributed by atoms with E-state index in [1.54, 1.807) is 30.9 Å². The summed E-state index contributed by atoms with van der Waals surface area (Å²) in [5.74, 6) is 0.272. The molecule has 1 aliphatic rings. The first-order valence-corrected chi connectivity index (χ1v) is 9.82. The van der Waals surface area contributed by atoms with Gasteiger partial charge in [0.25, 0.3) is 10.2 Å². The lowest BCUT2D eigenvalue weighted by Crippen LogP contribution is -2.38. The molecule has 0 bridgehead atoms. The van der Waals surface area contributed by atoms with Gasteiger partial charge in [0.1, 0.15) is 6.33 Å². The molecule has 0 saturated carbocycles. The fourth-order valence-electron chi connectivity index (χ4n) is 3.15. The van der Waals surface area contributed by atoms with Crippen molar-refractivity contribution in [1.82, 2.24) is 28.4 Å². The molecular weight excluding hydrogens is 340 g/mol. The summed E-state index contributed by atoms with van der Waals surface area (Å²) in [6.45, 7) is 3.91. The Morgan fingerprint density at radius 2 is 2.12 bits per heavy atom. The first-order valence-electron chi connectivity index (χ1n) is 8.42. The van der Waals surface area contributed by atoms with Gasteiger partial charge >= 0.3 is 0 Å². The van der Waals surface area contributed by atoms with Gasteiger partial charge < -0.3 is 0 Å². The maximum Gasteiger partial charge on any atom is 0.281 e. The Bertz CT molecular complexity index is 833. The van der Waals surface area contributed by atoms with E-state index in [9.17, 15) is 8.42 Å². The van der Waals surface area contributed by atoms with Gasteiger partial charge in [-0.3, -0.25) is 4.68 Å². The first kappa shape index (κ1) is 18.0. The summed E-state index contributed by atoms with van der Waals surface area (Å²) in [6.07, 6.45) is 4.93. The molecule has 2 aromatic rings. The van der Waals surface area contributed by atoms with Crippen LogP contribution in [0.5, 0.6) is 0 Å². The molecule has 1 fully saturated rings. The van der Waals surface area contributed by atoms with Crippen molar-refractivity contribution in [2.45, 2.75) is 26.3 Å². The Morgan fingerprint density at radius 3 is 2.84 bits per heavy atom. The van der Waals surface area contributed by atoms with Crippen LogP contribution in [0.1, 0.15) is 19.0 Å². The highest BCUT2D eigenvalue weighted by Gasteiger charge is 2.32. The van der Waals surface area contributed by atoms with Crippen LogP contribution in [0.4, 0.5) is 0 Å². The molecule has 1 saturated heterocycles. The molecule has 0 radical (unpaired) electrons. The maximum atomic E-state index is 12.2. The fraction of sp³-hybridized carbons (Fsp3) is 0.562. The summed E-state index contributed by atoms with van der Waals surface area (Å²) in [5.41, 5.74) is 2.75. The molecule has 3 heterocycles. The molecule has 0 amide bonds. The second-order valence-electron chi connectivity index (χ2n) is 6.43. The number of hydrogen-bond acceptors (Lipinski definition) is 5. The molecule has 0 aliphatic carbocycles. The Labute approximate surface area is 148 Å². The van der Waals surface area contributed by atoms with Crippen molar-refractivity contribution in [3.05, 3.63) is 30.4 Å². The topological polar surface area (TPSA) is 84.2 Å². The zero-order chi connectivity index (χ0) is 18.0. The average molecular weight is 364 g/mol. The van der Waals surface area contributed by atoms with E-state index >= 15 is 0 Å². The Hall–Kier alpha value is -1.84. The lowest BCUT2D eigenvalue weighted by atomic mass is 10.0. The third-order valence-electron chi connectivity index (χ3n) is 4.54. The van der Waals surface area contributed by atoms with Gasteiger partial charge in [-0.1, -0.05) is 0 Å². The van der Waals surface area contributed by atoms with Gasteiger partial charge in [0.15, 0.2) is 0 Å². The second-order valence-corrected chi connectivity index (χ2v) is 8.58. The minimum Gasteiger partial charge on any atom is -0.264 e. The normalized spacial score (nSPS) is 19.0. The van der Waals surface area contributed by atoms with E-state index in [0.717, 1.165) is 36.5 Å². The van der Waals surface area contributed by atoms with Crippen LogP contribution in [0.15, 0.2) is 24.7 Å².